The number of amides is 2. The Balaban J connectivity index is 2.66. The maximum absolute atomic E-state index is 12.0. The minimum atomic E-state index is -0.594. The molecule has 0 aliphatic heterocycles. The summed E-state index contributed by atoms with van der Waals surface area (Å²) in [6.45, 7) is 10.1. The Morgan fingerprint density at radius 3 is 2.48 bits per heavy atom. The Morgan fingerprint density at radius 2 is 1.96 bits per heavy atom. The van der Waals surface area contributed by atoms with Gasteiger partial charge in [0.1, 0.15) is 5.04 Å². The van der Waals surface area contributed by atoms with E-state index in [9.17, 15) is 9.59 Å². The predicted molar refractivity (Wildman–Crippen MR) is 105 cm³/mol. The lowest BCUT2D eigenvalue weighted by Crippen LogP contribution is -2.19. The largest absolute Gasteiger partial charge is 0.446 e. The van der Waals surface area contributed by atoms with Gasteiger partial charge in [-0.3, -0.25) is 9.63 Å². The summed E-state index contributed by atoms with van der Waals surface area (Å²) >= 11 is 2.40. The second-order valence-corrected chi connectivity index (χ2v) is 8.88. The van der Waals surface area contributed by atoms with Gasteiger partial charge in [0.2, 0.25) is 5.91 Å². The number of thioether (sulfide) groups is 1. The standard InChI is InChI=1S/C17H25N3O3S2/c1-11-9-13(17(3,4)5)7-8-14(11)25-20(6)16(22)23-19-12(2)24-10-15(18)21/h7-9H,10H2,1-6H3,(H2,18,21). The van der Waals surface area contributed by atoms with Crippen molar-refractivity contribution < 1.29 is 14.4 Å². The summed E-state index contributed by atoms with van der Waals surface area (Å²) in [6.07, 6.45) is -0.594. The van der Waals surface area contributed by atoms with Gasteiger partial charge in [0.05, 0.1) is 5.75 Å². The summed E-state index contributed by atoms with van der Waals surface area (Å²) < 4.78 is 1.37. The lowest BCUT2D eigenvalue weighted by molar-refractivity contribution is -0.115. The van der Waals surface area contributed by atoms with Crippen LogP contribution < -0.4 is 5.73 Å². The zero-order valence-electron chi connectivity index (χ0n) is 15.5. The molecule has 0 bridgehead atoms. The van der Waals surface area contributed by atoms with Gasteiger partial charge in [-0.2, -0.15) is 0 Å². The first-order valence-electron chi connectivity index (χ1n) is 7.70. The molecular weight excluding hydrogens is 358 g/mol. The van der Waals surface area contributed by atoms with Crippen LogP contribution in [0.25, 0.3) is 0 Å². The van der Waals surface area contributed by atoms with Crippen molar-refractivity contribution in [3.8, 4) is 0 Å². The molecule has 0 spiro atoms. The van der Waals surface area contributed by atoms with Gasteiger partial charge >= 0.3 is 6.09 Å². The molecule has 2 N–H and O–H groups in total. The minimum absolute atomic E-state index is 0.0770. The molecule has 138 valence electrons. The third kappa shape index (κ3) is 7.39. The zero-order valence-corrected chi connectivity index (χ0v) is 17.1. The van der Waals surface area contributed by atoms with Gasteiger partial charge in [-0.1, -0.05) is 49.8 Å². The summed E-state index contributed by atoms with van der Waals surface area (Å²) in [5.74, 6) is -0.357. The first kappa shape index (κ1) is 21.4. The Labute approximate surface area is 157 Å². The number of oxime groups is 1. The topological polar surface area (TPSA) is 85.0 Å². The Kier molecular flexibility index (Phi) is 7.82. The van der Waals surface area contributed by atoms with Gasteiger partial charge in [-0.25, -0.2) is 9.10 Å². The molecule has 1 aromatic carbocycles. The molecule has 0 saturated heterocycles. The van der Waals surface area contributed by atoms with Crippen LogP contribution in [0.4, 0.5) is 4.79 Å². The van der Waals surface area contributed by atoms with Gasteiger partial charge in [0.15, 0.2) is 0 Å². The lowest BCUT2D eigenvalue weighted by Gasteiger charge is -2.21. The van der Waals surface area contributed by atoms with Crippen molar-refractivity contribution in [2.75, 3.05) is 12.8 Å². The molecule has 0 fully saturated rings. The summed E-state index contributed by atoms with van der Waals surface area (Å²) in [5, 5.41) is 4.15. The van der Waals surface area contributed by atoms with E-state index in [1.807, 2.05) is 13.0 Å². The first-order valence-corrected chi connectivity index (χ1v) is 9.46. The average Bonchev–Trinajstić information content (AvgIpc) is 2.51. The summed E-state index contributed by atoms with van der Waals surface area (Å²) in [5.41, 5.74) is 7.46. The smallest absolute Gasteiger partial charge is 0.369 e. The molecule has 1 rings (SSSR count). The number of nitrogens with two attached hydrogens (primary N) is 1. The summed E-state index contributed by atoms with van der Waals surface area (Å²) in [7, 11) is 1.62. The fourth-order valence-corrected chi connectivity index (χ4v) is 2.94. The van der Waals surface area contributed by atoms with Crippen LogP contribution >= 0.6 is 23.7 Å². The molecule has 8 heteroatoms. The summed E-state index contributed by atoms with van der Waals surface area (Å²) in [4.78, 5) is 28.5. The minimum Gasteiger partial charge on any atom is -0.369 e. The van der Waals surface area contributed by atoms with E-state index in [2.05, 4.69) is 38.1 Å². The summed E-state index contributed by atoms with van der Waals surface area (Å²) in [6, 6.07) is 6.20. The fourth-order valence-electron chi connectivity index (χ4n) is 1.77. The van der Waals surface area contributed by atoms with Crippen molar-refractivity contribution in [3.05, 3.63) is 29.3 Å². The number of carbonyl (C=O) groups is 2. The molecule has 0 unspecified atom stereocenters. The molecule has 0 aliphatic rings. The molecule has 0 atom stereocenters. The van der Waals surface area contributed by atoms with E-state index in [1.54, 1.807) is 14.0 Å². The van der Waals surface area contributed by atoms with E-state index >= 15 is 0 Å². The van der Waals surface area contributed by atoms with Crippen LogP contribution in [0.3, 0.4) is 0 Å². The number of nitrogens with zero attached hydrogens (tertiary/aromatic N) is 2. The highest BCUT2D eigenvalue weighted by Gasteiger charge is 2.17. The zero-order chi connectivity index (χ0) is 19.2. The molecular formula is C17H25N3O3S2. The van der Waals surface area contributed by atoms with E-state index in [0.717, 1.165) is 22.2 Å². The van der Waals surface area contributed by atoms with Crippen LogP contribution in [0, 0.1) is 6.92 Å². The predicted octanol–water partition coefficient (Wildman–Crippen LogP) is 3.92. The van der Waals surface area contributed by atoms with Gasteiger partial charge in [0, 0.05) is 11.9 Å². The third-order valence-corrected chi connectivity index (χ3v) is 5.21. The van der Waals surface area contributed by atoms with Gasteiger partial charge in [0.25, 0.3) is 0 Å². The van der Waals surface area contributed by atoms with Crippen molar-refractivity contribution in [3.63, 3.8) is 0 Å². The third-order valence-electron chi connectivity index (χ3n) is 3.21. The normalized spacial score (nSPS) is 12.0. The number of benzene rings is 1. The van der Waals surface area contributed by atoms with Crippen molar-refractivity contribution in [1.82, 2.24) is 4.31 Å². The lowest BCUT2D eigenvalue weighted by atomic mass is 9.86. The molecule has 2 amide bonds. The van der Waals surface area contributed by atoms with E-state index in [0.29, 0.717) is 5.04 Å². The van der Waals surface area contributed by atoms with E-state index < -0.39 is 12.0 Å². The first-order chi connectivity index (χ1) is 11.5. The molecule has 0 aliphatic carbocycles. The maximum atomic E-state index is 12.0. The van der Waals surface area contributed by atoms with E-state index in [1.165, 1.54) is 21.8 Å². The molecule has 0 heterocycles. The Bertz CT molecular complexity index is 670. The second-order valence-electron chi connectivity index (χ2n) is 6.54. The quantitative estimate of drug-likeness (QED) is 0.274. The molecule has 25 heavy (non-hydrogen) atoms. The van der Waals surface area contributed by atoms with Crippen LogP contribution in [-0.4, -0.2) is 34.1 Å². The fraction of sp³-hybridized carbons (Fsp3) is 0.471. The average molecular weight is 384 g/mol. The van der Waals surface area contributed by atoms with Crippen LogP contribution in [0.15, 0.2) is 28.3 Å². The molecule has 1 aromatic rings. The van der Waals surface area contributed by atoms with Crippen molar-refractivity contribution in [1.29, 1.82) is 0 Å². The van der Waals surface area contributed by atoms with E-state index in [4.69, 9.17) is 10.6 Å². The van der Waals surface area contributed by atoms with Crippen LogP contribution in [-0.2, 0) is 15.0 Å². The highest BCUT2D eigenvalue weighted by molar-refractivity contribution is 8.14. The SMILES string of the molecule is CC(=NOC(=O)N(C)Sc1ccc(C(C)(C)C)cc1C)SCC(N)=O. The highest BCUT2D eigenvalue weighted by Crippen LogP contribution is 2.30. The van der Waals surface area contributed by atoms with Crippen LogP contribution in [0.2, 0.25) is 0 Å². The molecule has 6 nitrogen and oxygen atoms in total. The van der Waals surface area contributed by atoms with Crippen LogP contribution in [0.1, 0.15) is 38.8 Å². The number of hydrogen-bond acceptors (Lipinski definition) is 6. The number of hydrogen-bond donors (Lipinski definition) is 1. The Hall–Kier alpha value is -1.67. The van der Waals surface area contributed by atoms with Gasteiger partial charge in [-0.15, -0.1) is 0 Å². The second kappa shape index (κ2) is 9.15. The molecule has 0 saturated carbocycles. The highest BCUT2D eigenvalue weighted by atomic mass is 32.2. The molecule has 0 radical (unpaired) electrons. The van der Waals surface area contributed by atoms with E-state index in [-0.39, 0.29) is 11.2 Å². The number of rotatable bonds is 5. The maximum Gasteiger partial charge on any atom is 0.446 e. The van der Waals surface area contributed by atoms with Crippen molar-refractivity contribution in [2.45, 2.75) is 44.9 Å². The molecule has 0 aromatic heterocycles. The van der Waals surface area contributed by atoms with Crippen molar-refractivity contribution in [2.24, 2.45) is 10.9 Å². The Morgan fingerprint density at radius 1 is 1.32 bits per heavy atom. The number of aryl methyl sites for hydroxylation is 1. The van der Waals surface area contributed by atoms with Gasteiger partial charge < -0.3 is 5.73 Å². The number of primary amides is 1. The number of carbonyl (C=O) groups excluding carboxylic acids is 2. The van der Waals surface area contributed by atoms with Gasteiger partial charge in [-0.05, 0) is 48.4 Å². The van der Waals surface area contributed by atoms with Crippen LogP contribution in [0.5, 0.6) is 0 Å². The van der Waals surface area contributed by atoms with Crippen molar-refractivity contribution >= 4 is 40.8 Å². The monoisotopic (exact) mass is 383 g/mol.